The number of ketones is 1. The van der Waals surface area contributed by atoms with Gasteiger partial charge in [0.15, 0.2) is 5.78 Å². The molecule has 2 aliphatic heterocycles. The van der Waals surface area contributed by atoms with Gasteiger partial charge in [0.25, 0.3) is 0 Å². The van der Waals surface area contributed by atoms with Crippen molar-refractivity contribution in [3.63, 3.8) is 0 Å². The Balaban J connectivity index is 1.64. The van der Waals surface area contributed by atoms with Gasteiger partial charge in [0.05, 0.1) is 12.8 Å². The molecule has 6 rings (SSSR count). The van der Waals surface area contributed by atoms with Crippen molar-refractivity contribution in [3.8, 4) is 5.75 Å². The van der Waals surface area contributed by atoms with Crippen molar-refractivity contribution >= 4 is 22.7 Å². The smallest absolute Gasteiger partial charge is 0.338 e. The van der Waals surface area contributed by atoms with Gasteiger partial charge in [0, 0.05) is 47.0 Å². The Labute approximate surface area is 215 Å². The van der Waals surface area contributed by atoms with Crippen LogP contribution in [-0.2, 0) is 27.1 Å². The number of carbonyl (C=O) groups excluding carboxylic acids is 1. The second-order valence-corrected chi connectivity index (χ2v) is 10.8. The van der Waals surface area contributed by atoms with Crippen LogP contribution in [0.15, 0.2) is 42.5 Å². The van der Waals surface area contributed by atoms with Crippen molar-refractivity contribution in [1.29, 1.82) is 0 Å². The number of nitrogens with one attached hydrogen (secondary N) is 2. The van der Waals surface area contributed by atoms with Crippen LogP contribution >= 0.6 is 0 Å². The number of piperidine rings is 1. The van der Waals surface area contributed by atoms with Crippen molar-refractivity contribution in [2.24, 2.45) is 5.92 Å². The molecule has 1 saturated carbocycles. The fourth-order valence-corrected chi connectivity index (χ4v) is 6.76. The highest BCUT2D eigenvalue weighted by Gasteiger charge is 2.63. The molecule has 1 atom stereocenters. The molecule has 1 aromatic heterocycles. The Morgan fingerprint density at radius 2 is 1.92 bits per heavy atom. The average Bonchev–Trinajstić information content (AvgIpc) is 3.25. The third kappa shape index (κ3) is 3.53. The molecule has 3 heterocycles. The number of nitrogens with zero attached hydrogens (tertiary/aromatic N) is 1. The molecule has 1 spiro atoms. The highest BCUT2D eigenvalue weighted by atomic mass is 19.1. The lowest BCUT2D eigenvalue weighted by Crippen LogP contribution is -2.66. The minimum Gasteiger partial charge on any atom is -0.497 e. The largest absolute Gasteiger partial charge is 0.497 e. The summed E-state index contributed by atoms with van der Waals surface area (Å²) in [6, 6.07) is 12.2. The lowest BCUT2D eigenvalue weighted by molar-refractivity contribution is -0.165. The summed E-state index contributed by atoms with van der Waals surface area (Å²) in [5, 5.41) is 15.3. The summed E-state index contributed by atoms with van der Waals surface area (Å²) in [5.41, 5.74) is 0.195. The topological polar surface area (TPSA) is 94.7 Å². The summed E-state index contributed by atoms with van der Waals surface area (Å²) in [6.07, 6.45) is 3.85. The molecule has 7 nitrogen and oxygen atoms in total. The molecule has 0 radical (unpaired) electrons. The van der Waals surface area contributed by atoms with E-state index in [4.69, 9.17) is 4.74 Å². The van der Waals surface area contributed by atoms with E-state index in [9.17, 15) is 19.1 Å². The minimum absolute atomic E-state index is 0.0325. The van der Waals surface area contributed by atoms with Gasteiger partial charge in [-0.05, 0) is 62.5 Å². The first-order valence-corrected chi connectivity index (χ1v) is 13.1. The van der Waals surface area contributed by atoms with Crippen LogP contribution in [-0.4, -0.2) is 53.5 Å². The number of aromatic amines is 1. The van der Waals surface area contributed by atoms with E-state index in [1.165, 1.54) is 6.07 Å². The number of benzene rings is 2. The first-order chi connectivity index (χ1) is 17.9. The maximum Gasteiger partial charge on any atom is 0.338 e. The molecular formula is C29H32FN3O4. The van der Waals surface area contributed by atoms with E-state index in [-0.39, 0.29) is 23.7 Å². The number of hydrogen-bond acceptors (Lipinski definition) is 5. The van der Waals surface area contributed by atoms with Gasteiger partial charge in [-0.3, -0.25) is 9.69 Å². The molecule has 8 heteroatoms. The highest BCUT2D eigenvalue weighted by Crippen LogP contribution is 2.53. The minimum atomic E-state index is -1.93. The first kappa shape index (κ1) is 24.1. The Morgan fingerprint density at radius 3 is 2.57 bits per heavy atom. The lowest BCUT2D eigenvalue weighted by atomic mass is 9.62. The number of carboxylic acid groups (broad SMARTS) is 1. The van der Waals surface area contributed by atoms with E-state index in [1.807, 2.05) is 18.2 Å². The number of carboxylic acids is 1. The second kappa shape index (κ2) is 8.96. The maximum absolute atomic E-state index is 14.9. The number of fused-ring (bicyclic) bond motifs is 4. The fraction of sp³-hybridized carbons (Fsp3) is 0.448. The van der Waals surface area contributed by atoms with Gasteiger partial charge in [0.2, 0.25) is 5.54 Å². The number of aliphatic carboxylic acids is 1. The van der Waals surface area contributed by atoms with Crippen LogP contribution in [0.1, 0.15) is 48.9 Å². The molecule has 0 amide bonds. The molecule has 1 unspecified atom stereocenters. The van der Waals surface area contributed by atoms with E-state index in [0.717, 1.165) is 48.8 Å². The Bertz CT molecular complexity index is 1370. The van der Waals surface area contributed by atoms with E-state index in [2.05, 4.69) is 10.3 Å². The lowest BCUT2D eigenvalue weighted by Gasteiger charge is -2.53. The van der Waals surface area contributed by atoms with E-state index < -0.39 is 17.3 Å². The predicted molar refractivity (Wildman–Crippen MR) is 137 cm³/mol. The SMILES string of the molecule is COc1ccc2c3c([nH]c2c1)C(C(=O)O)(C(=O)C1CCC1)N(Cc1ccccc1F)CC31CCNCC1. The third-order valence-corrected chi connectivity index (χ3v) is 8.89. The van der Waals surface area contributed by atoms with Gasteiger partial charge in [-0.1, -0.05) is 24.6 Å². The van der Waals surface area contributed by atoms with Crippen molar-refractivity contribution in [3.05, 3.63) is 65.1 Å². The zero-order chi connectivity index (χ0) is 25.8. The van der Waals surface area contributed by atoms with Gasteiger partial charge < -0.3 is 20.1 Å². The maximum atomic E-state index is 14.9. The number of halogens is 1. The Kier molecular flexibility index (Phi) is 5.84. The number of rotatable bonds is 6. The van der Waals surface area contributed by atoms with Crippen molar-refractivity contribution in [2.45, 2.75) is 49.6 Å². The van der Waals surface area contributed by atoms with Crippen molar-refractivity contribution in [2.75, 3.05) is 26.7 Å². The number of methoxy groups -OCH3 is 1. The molecule has 1 aliphatic carbocycles. The summed E-state index contributed by atoms with van der Waals surface area (Å²) in [7, 11) is 1.59. The van der Waals surface area contributed by atoms with Gasteiger partial charge >= 0.3 is 5.97 Å². The van der Waals surface area contributed by atoms with Crippen molar-refractivity contribution < 1.29 is 23.8 Å². The second-order valence-electron chi connectivity index (χ2n) is 10.8. The van der Waals surface area contributed by atoms with Gasteiger partial charge in [-0.15, -0.1) is 0 Å². The monoisotopic (exact) mass is 505 g/mol. The van der Waals surface area contributed by atoms with Crippen LogP contribution in [0.25, 0.3) is 10.9 Å². The molecule has 37 heavy (non-hydrogen) atoms. The van der Waals surface area contributed by atoms with Gasteiger partial charge in [0.1, 0.15) is 11.6 Å². The summed E-state index contributed by atoms with van der Waals surface area (Å²) in [4.78, 5) is 32.9. The molecule has 2 aromatic carbocycles. The molecule has 3 aliphatic rings. The molecule has 2 fully saturated rings. The van der Waals surface area contributed by atoms with Crippen LogP contribution in [0.2, 0.25) is 0 Å². The number of Topliss-reactive ketones (excluding diaryl/α,β-unsaturated/α-hetero) is 1. The molecule has 0 bridgehead atoms. The molecule has 3 aromatic rings. The Morgan fingerprint density at radius 1 is 1.16 bits per heavy atom. The molecular weight excluding hydrogens is 473 g/mol. The number of hydrogen-bond donors (Lipinski definition) is 3. The van der Waals surface area contributed by atoms with E-state index in [1.54, 1.807) is 30.2 Å². The zero-order valence-corrected chi connectivity index (χ0v) is 21.0. The normalized spacial score (nSPS) is 23.5. The summed E-state index contributed by atoms with van der Waals surface area (Å²) >= 11 is 0. The molecule has 1 saturated heterocycles. The quantitative estimate of drug-likeness (QED) is 0.437. The molecule has 194 valence electrons. The number of ether oxygens (including phenoxy) is 1. The fourth-order valence-electron chi connectivity index (χ4n) is 6.76. The molecule has 3 N–H and O–H groups in total. The third-order valence-electron chi connectivity index (χ3n) is 8.89. The first-order valence-electron chi connectivity index (χ1n) is 13.1. The predicted octanol–water partition coefficient (Wildman–Crippen LogP) is 4.10. The van der Waals surface area contributed by atoms with Crippen molar-refractivity contribution in [1.82, 2.24) is 15.2 Å². The van der Waals surface area contributed by atoms with E-state index >= 15 is 0 Å². The summed E-state index contributed by atoms with van der Waals surface area (Å²) < 4.78 is 20.4. The van der Waals surface area contributed by atoms with Crippen LogP contribution in [0.4, 0.5) is 4.39 Å². The average molecular weight is 506 g/mol. The van der Waals surface area contributed by atoms with Gasteiger partial charge in [-0.2, -0.15) is 0 Å². The standard InChI is InChI=1S/C29H32FN3O4/c1-37-20-9-10-21-23(15-20)32-25-24(21)28(11-13-31-14-12-28)17-33(16-19-5-2-3-8-22(19)30)29(25,27(35)36)26(34)18-6-4-7-18/h2-3,5,8-10,15,18,31-32H,4,6-7,11-14,16-17H2,1H3,(H,35,36). The summed E-state index contributed by atoms with van der Waals surface area (Å²) in [6.45, 7) is 1.96. The van der Waals surface area contributed by atoms with Crippen LogP contribution in [0.3, 0.4) is 0 Å². The Hall–Kier alpha value is -3.23. The number of carbonyl (C=O) groups is 2. The summed E-state index contributed by atoms with van der Waals surface area (Å²) in [5.74, 6) is -1.57. The van der Waals surface area contributed by atoms with E-state index in [0.29, 0.717) is 36.4 Å². The van der Waals surface area contributed by atoms with Crippen LogP contribution in [0.5, 0.6) is 5.75 Å². The van der Waals surface area contributed by atoms with Crippen LogP contribution < -0.4 is 10.1 Å². The zero-order valence-electron chi connectivity index (χ0n) is 21.0. The highest BCUT2D eigenvalue weighted by molar-refractivity contribution is 6.11. The number of aromatic nitrogens is 1. The van der Waals surface area contributed by atoms with Gasteiger partial charge in [-0.25, -0.2) is 9.18 Å². The van der Waals surface area contributed by atoms with Crippen LogP contribution in [0, 0.1) is 11.7 Å². The number of H-pyrrole nitrogens is 1.